The molecule has 106 valence electrons. The second-order valence-corrected chi connectivity index (χ2v) is 4.89. The number of rotatable bonds is 2. The Morgan fingerprint density at radius 2 is 2.05 bits per heavy atom. The van der Waals surface area contributed by atoms with Gasteiger partial charge >= 0.3 is 0 Å². The van der Waals surface area contributed by atoms with E-state index in [0.717, 1.165) is 6.20 Å². The second-order valence-electron chi connectivity index (χ2n) is 4.48. The fourth-order valence-electron chi connectivity index (χ4n) is 2.16. The molecular formula is C15H8ClF2NO2. The van der Waals surface area contributed by atoms with Gasteiger partial charge in [0.2, 0.25) is 0 Å². The molecule has 0 radical (unpaired) electrons. The van der Waals surface area contributed by atoms with Crippen LogP contribution in [0.4, 0.5) is 8.78 Å². The lowest BCUT2D eigenvalue weighted by molar-refractivity contribution is 0.101. The SMILES string of the molecule is CC(=O)c1c(F)cncc1-c1cc2c(F)c(Cl)ccc2o1. The van der Waals surface area contributed by atoms with Gasteiger partial charge in [-0.25, -0.2) is 8.78 Å². The van der Waals surface area contributed by atoms with Gasteiger partial charge in [0.25, 0.3) is 0 Å². The maximum absolute atomic E-state index is 13.9. The van der Waals surface area contributed by atoms with Crippen LogP contribution in [0.15, 0.2) is 35.0 Å². The smallest absolute Gasteiger partial charge is 0.163 e. The van der Waals surface area contributed by atoms with Crippen molar-refractivity contribution in [1.29, 1.82) is 0 Å². The Hall–Kier alpha value is -2.27. The molecule has 0 saturated heterocycles. The Bertz CT molecular complexity index is 873. The first-order valence-electron chi connectivity index (χ1n) is 6.01. The van der Waals surface area contributed by atoms with Crippen molar-refractivity contribution in [3.8, 4) is 11.3 Å². The molecule has 2 aromatic heterocycles. The zero-order valence-electron chi connectivity index (χ0n) is 10.8. The van der Waals surface area contributed by atoms with Gasteiger partial charge in [-0.15, -0.1) is 0 Å². The van der Waals surface area contributed by atoms with Crippen molar-refractivity contribution < 1.29 is 18.0 Å². The molecule has 0 atom stereocenters. The molecule has 0 amide bonds. The van der Waals surface area contributed by atoms with Crippen molar-refractivity contribution in [2.45, 2.75) is 6.92 Å². The number of hydrogen-bond acceptors (Lipinski definition) is 3. The minimum atomic E-state index is -0.751. The number of fused-ring (bicyclic) bond motifs is 1. The highest BCUT2D eigenvalue weighted by atomic mass is 35.5. The van der Waals surface area contributed by atoms with Crippen molar-refractivity contribution in [2.24, 2.45) is 0 Å². The van der Waals surface area contributed by atoms with Crippen LogP contribution in [0.25, 0.3) is 22.3 Å². The van der Waals surface area contributed by atoms with Gasteiger partial charge in [0.05, 0.1) is 22.2 Å². The standard InChI is InChI=1S/C15H8ClF2NO2/c1-7(20)14-9(5-19-6-11(14)17)13-4-8-12(21-13)3-2-10(16)15(8)18/h2-6H,1H3. The van der Waals surface area contributed by atoms with Crippen LogP contribution in [-0.4, -0.2) is 10.8 Å². The zero-order chi connectivity index (χ0) is 15.1. The Balaban J connectivity index is 2.29. The van der Waals surface area contributed by atoms with Crippen molar-refractivity contribution >= 4 is 28.4 Å². The predicted octanol–water partition coefficient (Wildman–Crippen LogP) is 4.63. The zero-order valence-corrected chi connectivity index (χ0v) is 11.5. The van der Waals surface area contributed by atoms with E-state index in [0.29, 0.717) is 0 Å². The van der Waals surface area contributed by atoms with Gasteiger partial charge in [0.1, 0.15) is 11.3 Å². The van der Waals surface area contributed by atoms with E-state index >= 15 is 0 Å². The Labute approximate surface area is 123 Å². The minimum absolute atomic E-state index is 0.0426. The van der Waals surface area contributed by atoms with Gasteiger partial charge in [0, 0.05) is 11.8 Å². The van der Waals surface area contributed by atoms with E-state index in [1.165, 1.54) is 31.3 Å². The molecule has 0 bridgehead atoms. The fraction of sp³-hybridized carbons (Fsp3) is 0.0667. The summed E-state index contributed by atoms with van der Waals surface area (Å²) in [6, 6.07) is 4.24. The topological polar surface area (TPSA) is 43.1 Å². The molecule has 0 unspecified atom stereocenters. The number of carbonyl (C=O) groups is 1. The average Bonchev–Trinajstić information content (AvgIpc) is 2.87. The van der Waals surface area contributed by atoms with E-state index in [4.69, 9.17) is 16.0 Å². The van der Waals surface area contributed by atoms with Crippen LogP contribution in [0.1, 0.15) is 17.3 Å². The third kappa shape index (κ3) is 2.19. The highest BCUT2D eigenvalue weighted by Gasteiger charge is 2.19. The molecule has 3 aromatic rings. The molecular weight excluding hydrogens is 300 g/mol. The van der Waals surface area contributed by atoms with Crippen molar-refractivity contribution in [2.75, 3.05) is 0 Å². The van der Waals surface area contributed by atoms with Gasteiger partial charge in [-0.1, -0.05) is 11.6 Å². The first-order valence-corrected chi connectivity index (χ1v) is 6.39. The Kier molecular flexibility index (Phi) is 3.22. The monoisotopic (exact) mass is 307 g/mol. The molecule has 21 heavy (non-hydrogen) atoms. The van der Waals surface area contributed by atoms with Crippen LogP contribution in [-0.2, 0) is 0 Å². The summed E-state index contributed by atoms with van der Waals surface area (Å²) in [4.78, 5) is 15.3. The number of carbonyl (C=O) groups excluding carboxylic acids is 1. The normalized spacial score (nSPS) is 11.0. The lowest BCUT2D eigenvalue weighted by atomic mass is 10.0. The number of furan rings is 1. The summed E-state index contributed by atoms with van der Waals surface area (Å²) in [5, 5.41) is 0.121. The maximum atomic E-state index is 13.9. The third-order valence-corrected chi connectivity index (χ3v) is 3.40. The van der Waals surface area contributed by atoms with Gasteiger partial charge in [-0.05, 0) is 25.1 Å². The van der Waals surface area contributed by atoms with Crippen molar-refractivity contribution in [3.63, 3.8) is 0 Å². The second kappa shape index (κ2) is 4.93. The number of nitrogens with zero attached hydrogens (tertiary/aromatic N) is 1. The molecule has 0 saturated carbocycles. The van der Waals surface area contributed by atoms with E-state index < -0.39 is 17.4 Å². The summed E-state index contributed by atoms with van der Waals surface area (Å²) in [5.74, 6) is -1.69. The lowest BCUT2D eigenvalue weighted by Crippen LogP contribution is -2.01. The Morgan fingerprint density at radius 1 is 1.29 bits per heavy atom. The average molecular weight is 308 g/mol. The third-order valence-electron chi connectivity index (χ3n) is 3.11. The van der Waals surface area contributed by atoms with Gasteiger partial charge in [-0.2, -0.15) is 0 Å². The molecule has 0 aliphatic rings. The minimum Gasteiger partial charge on any atom is -0.456 e. The van der Waals surface area contributed by atoms with Gasteiger partial charge < -0.3 is 4.42 Å². The largest absolute Gasteiger partial charge is 0.456 e. The van der Waals surface area contributed by atoms with Crippen molar-refractivity contribution in [3.05, 3.63) is 52.8 Å². The molecule has 3 nitrogen and oxygen atoms in total. The molecule has 0 N–H and O–H groups in total. The highest BCUT2D eigenvalue weighted by molar-refractivity contribution is 6.31. The highest BCUT2D eigenvalue weighted by Crippen LogP contribution is 2.34. The summed E-state index contributed by atoms with van der Waals surface area (Å²) in [6.07, 6.45) is 2.25. The van der Waals surface area contributed by atoms with Crippen LogP contribution < -0.4 is 0 Å². The van der Waals surface area contributed by atoms with E-state index in [-0.39, 0.29) is 32.9 Å². The molecule has 6 heteroatoms. The van der Waals surface area contributed by atoms with Crippen LogP contribution in [0, 0.1) is 11.6 Å². The molecule has 1 aromatic carbocycles. The van der Waals surface area contributed by atoms with Gasteiger partial charge in [-0.3, -0.25) is 9.78 Å². The number of Topliss-reactive ketones (excluding diaryl/α,β-unsaturated/α-hetero) is 1. The molecule has 2 heterocycles. The maximum Gasteiger partial charge on any atom is 0.163 e. The summed E-state index contributed by atoms with van der Waals surface area (Å²) >= 11 is 5.71. The Morgan fingerprint density at radius 3 is 2.76 bits per heavy atom. The van der Waals surface area contributed by atoms with E-state index in [2.05, 4.69) is 4.98 Å². The van der Waals surface area contributed by atoms with Crippen LogP contribution in [0.3, 0.4) is 0 Å². The van der Waals surface area contributed by atoms with E-state index in [9.17, 15) is 13.6 Å². The molecule has 3 rings (SSSR count). The number of pyridine rings is 1. The molecule has 0 spiro atoms. The number of aromatic nitrogens is 1. The van der Waals surface area contributed by atoms with Crippen LogP contribution in [0.2, 0.25) is 5.02 Å². The van der Waals surface area contributed by atoms with E-state index in [1.807, 2.05) is 0 Å². The molecule has 0 fully saturated rings. The first kappa shape index (κ1) is 13.7. The summed E-state index contributed by atoms with van der Waals surface area (Å²) in [6.45, 7) is 1.24. The quantitative estimate of drug-likeness (QED) is 0.648. The first-order chi connectivity index (χ1) is 9.99. The predicted molar refractivity (Wildman–Crippen MR) is 74.4 cm³/mol. The number of benzene rings is 1. The van der Waals surface area contributed by atoms with Gasteiger partial charge in [0.15, 0.2) is 17.4 Å². The summed E-state index contributed by atoms with van der Waals surface area (Å²) < 4.78 is 33.2. The number of hydrogen-bond donors (Lipinski definition) is 0. The lowest BCUT2D eigenvalue weighted by Gasteiger charge is -2.04. The number of ketones is 1. The molecule has 0 aliphatic heterocycles. The van der Waals surface area contributed by atoms with Crippen LogP contribution >= 0.6 is 11.6 Å². The van der Waals surface area contributed by atoms with Crippen LogP contribution in [0.5, 0.6) is 0 Å². The molecule has 0 aliphatic carbocycles. The fourth-order valence-corrected chi connectivity index (χ4v) is 2.33. The van der Waals surface area contributed by atoms with E-state index in [1.54, 1.807) is 0 Å². The number of halogens is 3. The van der Waals surface area contributed by atoms with Crippen molar-refractivity contribution in [1.82, 2.24) is 4.98 Å². The summed E-state index contributed by atoms with van der Waals surface area (Å²) in [7, 11) is 0. The summed E-state index contributed by atoms with van der Waals surface area (Å²) in [5.41, 5.74) is 0.287.